The first-order valence-electron chi connectivity index (χ1n) is 18.8. The average Bonchev–Trinajstić information content (AvgIpc) is 3.99. The van der Waals surface area contributed by atoms with Crippen LogP contribution < -0.4 is 16.2 Å². The number of aromatic amines is 2. The third-order valence-corrected chi connectivity index (χ3v) is 9.22. The van der Waals surface area contributed by atoms with Crippen LogP contribution in [0.15, 0.2) is 157 Å². The molecule has 0 saturated carbocycles. The van der Waals surface area contributed by atoms with E-state index in [2.05, 4.69) is 49.3 Å². The topological polar surface area (TPSA) is 159 Å². The minimum atomic E-state index is -0.218. The van der Waals surface area contributed by atoms with Crippen LogP contribution in [0.5, 0.6) is 0 Å². The first-order chi connectivity index (χ1) is 28.1. The second kappa shape index (κ2) is 21.3. The standard InChI is InChI=1S/C22H23N5O.C12H16N4.C10H7NO2/c28-22-19(14-25-21-5-2-1-4-20(21)22)16-27(15-18-6-8-23-9-7-18)12-3-11-26-13-10-24-17-26;1(8-16-9-7-15-11-16)4-14-10-12-2-5-13-6-3-12;12-6-7-5-11-9-4-2-1-3-8(9)10(7)13/h1-2,4-10,13-14,17H,3,11-12,15-16H2,(H,25,28);2-3,5-7,9,11,14H,1,4,8,10H2;1-6H,(H,11,13). The van der Waals surface area contributed by atoms with Gasteiger partial charge in [0.25, 0.3) is 0 Å². The Morgan fingerprint density at radius 3 is 1.82 bits per heavy atom. The number of carbonyl (C=O) groups is 1. The van der Waals surface area contributed by atoms with Crippen molar-refractivity contribution in [2.75, 3.05) is 13.1 Å². The molecule has 0 aliphatic carbocycles. The van der Waals surface area contributed by atoms with E-state index in [0.717, 1.165) is 74.1 Å². The van der Waals surface area contributed by atoms with Gasteiger partial charge < -0.3 is 24.4 Å². The predicted octanol–water partition coefficient (Wildman–Crippen LogP) is 6.01. The number of H-pyrrole nitrogens is 2. The molecule has 3 N–H and O–H groups in total. The number of nitrogens with zero attached hydrogens (tertiary/aromatic N) is 7. The molecule has 8 rings (SSSR count). The van der Waals surface area contributed by atoms with E-state index in [1.807, 2.05) is 117 Å². The molecule has 0 saturated heterocycles. The Bertz CT molecular complexity index is 2500. The summed E-state index contributed by atoms with van der Waals surface area (Å²) in [6.07, 6.45) is 24.4. The summed E-state index contributed by atoms with van der Waals surface area (Å²) in [5.74, 6) is 0. The Hall–Kier alpha value is -6.83. The summed E-state index contributed by atoms with van der Waals surface area (Å²) in [6.45, 7) is 6.11. The van der Waals surface area contributed by atoms with Crippen LogP contribution in [0.1, 0.15) is 39.9 Å². The average molecular weight is 763 g/mol. The monoisotopic (exact) mass is 762 g/mol. The molecular weight excluding hydrogens is 717 g/mol. The normalized spacial score (nSPS) is 10.8. The zero-order chi connectivity index (χ0) is 39.5. The molecule has 0 fully saturated rings. The molecule has 0 atom stereocenters. The van der Waals surface area contributed by atoms with Gasteiger partial charge in [0.2, 0.25) is 0 Å². The van der Waals surface area contributed by atoms with E-state index in [-0.39, 0.29) is 16.4 Å². The van der Waals surface area contributed by atoms with Crippen molar-refractivity contribution in [1.29, 1.82) is 0 Å². The lowest BCUT2D eigenvalue weighted by atomic mass is 10.1. The Morgan fingerprint density at radius 1 is 0.632 bits per heavy atom. The van der Waals surface area contributed by atoms with E-state index in [0.29, 0.717) is 18.2 Å². The molecule has 0 aliphatic rings. The van der Waals surface area contributed by atoms with Crippen molar-refractivity contribution in [3.05, 3.63) is 190 Å². The van der Waals surface area contributed by atoms with Crippen molar-refractivity contribution >= 4 is 28.1 Å². The zero-order valence-corrected chi connectivity index (χ0v) is 31.7. The second-order valence-electron chi connectivity index (χ2n) is 13.3. The largest absolute Gasteiger partial charge is 0.361 e. The van der Waals surface area contributed by atoms with Gasteiger partial charge in [-0.15, -0.1) is 0 Å². The third-order valence-electron chi connectivity index (χ3n) is 9.22. The number of aryl methyl sites for hydroxylation is 2. The fourth-order valence-electron chi connectivity index (χ4n) is 6.24. The maximum atomic E-state index is 12.9. The molecule has 8 aromatic rings. The van der Waals surface area contributed by atoms with Crippen LogP contribution in [0, 0.1) is 0 Å². The van der Waals surface area contributed by atoms with Gasteiger partial charge in [-0.2, -0.15) is 0 Å². The van der Waals surface area contributed by atoms with Gasteiger partial charge in [-0.25, -0.2) is 9.97 Å². The number of carbonyl (C=O) groups excluding carboxylic acids is 1. The Labute approximate surface area is 330 Å². The number of para-hydroxylation sites is 2. The van der Waals surface area contributed by atoms with Gasteiger partial charge in [-0.05, 0) is 79.0 Å². The molecule has 0 unspecified atom stereocenters. The lowest BCUT2D eigenvalue weighted by Gasteiger charge is -2.22. The summed E-state index contributed by atoms with van der Waals surface area (Å²) in [5, 5.41) is 4.69. The molecule has 2 aromatic carbocycles. The van der Waals surface area contributed by atoms with Gasteiger partial charge in [-0.1, -0.05) is 24.3 Å². The highest BCUT2D eigenvalue weighted by Gasteiger charge is 2.12. The molecule has 0 bridgehead atoms. The summed E-state index contributed by atoms with van der Waals surface area (Å²) in [5.41, 5.74) is 4.92. The highest BCUT2D eigenvalue weighted by atomic mass is 16.1. The number of hydrogen-bond donors (Lipinski definition) is 3. The van der Waals surface area contributed by atoms with Crippen LogP contribution in [0.2, 0.25) is 0 Å². The Kier molecular flexibility index (Phi) is 14.9. The lowest BCUT2D eigenvalue weighted by molar-refractivity contribution is 0.112. The van der Waals surface area contributed by atoms with Gasteiger partial charge in [0, 0.05) is 129 Å². The van der Waals surface area contributed by atoms with Crippen LogP contribution in [-0.2, 0) is 32.7 Å². The summed E-state index contributed by atoms with van der Waals surface area (Å²) in [4.78, 5) is 59.5. The summed E-state index contributed by atoms with van der Waals surface area (Å²) >= 11 is 0. The number of rotatable bonds is 15. The number of hydrogen-bond acceptors (Lipinski definition) is 9. The first-order valence-corrected chi connectivity index (χ1v) is 18.8. The van der Waals surface area contributed by atoms with Crippen LogP contribution >= 0.6 is 0 Å². The second-order valence-corrected chi connectivity index (χ2v) is 13.3. The quantitative estimate of drug-likeness (QED) is 0.0840. The maximum Gasteiger partial charge on any atom is 0.199 e. The van der Waals surface area contributed by atoms with Gasteiger partial charge in [0.05, 0.1) is 18.2 Å². The molecule has 6 aromatic heterocycles. The van der Waals surface area contributed by atoms with E-state index in [1.165, 1.54) is 17.3 Å². The van der Waals surface area contributed by atoms with Crippen LogP contribution in [0.4, 0.5) is 0 Å². The highest BCUT2D eigenvalue weighted by Crippen LogP contribution is 2.12. The van der Waals surface area contributed by atoms with E-state index < -0.39 is 0 Å². The van der Waals surface area contributed by atoms with Crippen molar-refractivity contribution in [2.24, 2.45) is 0 Å². The number of nitrogens with one attached hydrogen (secondary N) is 3. The van der Waals surface area contributed by atoms with Gasteiger partial charge in [0.15, 0.2) is 17.1 Å². The summed E-state index contributed by atoms with van der Waals surface area (Å²) < 4.78 is 4.17. The fraction of sp³-hybridized carbons (Fsp3) is 0.205. The van der Waals surface area contributed by atoms with Crippen LogP contribution in [0.3, 0.4) is 0 Å². The minimum absolute atomic E-state index is 0.101. The lowest BCUT2D eigenvalue weighted by Crippen LogP contribution is -2.28. The fourth-order valence-corrected chi connectivity index (χ4v) is 6.24. The van der Waals surface area contributed by atoms with Crippen molar-refractivity contribution in [3.8, 4) is 0 Å². The number of imidazole rings is 2. The van der Waals surface area contributed by atoms with Gasteiger partial charge in [0.1, 0.15) is 0 Å². The molecule has 0 spiro atoms. The SMILES string of the molecule is O=Cc1c[nH]c2ccccc2c1=O.O=c1c(CN(CCCn2ccnc2)Cc2ccncc2)c[nH]c2ccccc12.c1cc(CNCCCn2ccnc2)ccn1. The smallest absolute Gasteiger partial charge is 0.199 e. The third kappa shape index (κ3) is 12.1. The van der Waals surface area contributed by atoms with Gasteiger partial charge >= 0.3 is 0 Å². The van der Waals surface area contributed by atoms with Crippen molar-refractivity contribution in [1.82, 2.24) is 49.3 Å². The van der Waals surface area contributed by atoms with Gasteiger partial charge in [-0.3, -0.25) is 29.3 Å². The molecular formula is C44H46N10O3. The summed E-state index contributed by atoms with van der Waals surface area (Å²) in [7, 11) is 0. The molecule has 290 valence electrons. The number of pyridine rings is 4. The maximum absolute atomic E-state index is 12.9. The minimum Gasteiger partial charge on any atom is -0.361 e. The molecule has 0 aliphatic heterocycles. The van der Waals surface area contributed by atoms with E-state index in [4.69, 9.17) is 0 Å². The number of benzene rings is 2. The van der Waals surface area contributed by atoms with E-state index >= 15 is 0 Å². The molecule has 13 heteroatoms. The first kappa shape index (κ1) is 39.9. The molecule has 6 heterocycles. The van der Waals surface area contributed by atoms with E-state index in [9.17, 15) is 14.4 Å². The van der Waals surface area contributed by atoms with Crippen molar-refractivity contribution < 1.29 is 4.79 Å². The van der Waals surface area contributed by atoms with Crippen molar-refractivity contribution in [3.63, 3.8) is 0 Å². The number of aromatic nitrogens is 8. The Balaban J connectivity index is 0.000000160. The van der Waals surface area contributed by atoms with Crippen LogP contribution in [0.25, 0.3) is 21.8 Å². The predicted molar refractivity (Wildman–Crippen MR) is 223 cm³/mol. The highest BCUT2D eigenvalue weighted by molar-refractivity contribution is 5.85. The molecule has 57 heavy (non-hydrogen) atoms. The Morgan fingerprint density at radius 2 is 1.21 bits per heavy atom. The van der Waals surface area contributed by atoms with Crippen molar-refractivity contribution in [2.45, 2.75) is 45.6 Å². The number of fused-ring (bicyclic) bond motifs is 2. The van der Waals surface area contributed by atoms with Crippen LogP contribution in [-0.4, -0.2) is 63.3 Å². The van der Waals surface area contributed by atoms with E-state index in [1.54, 1.807) is 24.4 Å². The molecule has 13 nitrogen and oxygen atoms in total. The summed E-state index contributed by atoms with van der Waals surface area (Å²) in [6, 6.07) is 22.8. The molecule has 0 amide bonds. The molecule has 0 radical (unpaired) electrons. The number of aldehydes is 1. The zero-order valence-electron chi connectivity index (χ0n) is 31.7.